The van der Waals surface area contributed by atoms with Crippen molar-refractivity contribution in [2.45, 2.75) is 6.92 Å². The number of benzene rings is 4. The van der Waals surface area contributed by atoms with E-state index in [9.17, 15) is 9.59 Å². The number of carbonyl (C=O) groups is 1. The average molecular weight is 491 g/mol. The third kappa shape index (κ3) is 3.31. The molecule has 36 heavy (non-hydrogen) atoms. The standard InChI is InChI=1S/C29H22N4O2S/c1-18-26(28(35)33(31(18)2)21-12-4-3-5-13-21)32-27(34)25(36-29(32)30)17-24-22-14-8-6-10-19(22)16-20-11-7-9-15-23(20)24/h3-17,30H,1-2H3/b25-17-,30-29?. The van der Waals surface area contributed by atoms with Gasteiger partial charge in [-0.1, -0.05) is 66.7 Å². The van der Waals surface area contributed by atoms with E-state index in [0.717, 1.165) is 38.9 Å². The number of nitrogens with zero attached hydrogens (tertiary/aromatic N) is 3. The van der Waals surface area contributed by atoms with Crippen molar-refractivity contribution in [1.82, 2.24) is 9.36 Å². The second-order valence-electron chi connectivity index (χ2n) is 8.70. The molecule has 6 rings (SSSR count). The van der Waals surface area contributed by atoms with Crippen LogP contribution in [-0.2, 0) is 11.8 Å². The van der Waals surface area contributed by atoms with Crippen LogP contribution in [0.5, 0.6) is 0 Å². The number of nitrogens with one attached hydrogen (secondary N) is 1. The number of carbonyl (C=O) groups excluding carboxylic acids is 1. The molecule has 0 spiro atoms. The van der Waals surface area contributed by atoms with Crippen LogP contribution in [0.25, 0.3) is 33.3 Å². The number of fused-ring (bicyclic) bond motifs is 2. The topological polar surface area (TPSA) is 71.1 Å². The van der Waals surface area contributed by atoms with Gasteiger partial charge in [0.25, 0.3) is 11.5 Å². The monoisotopic (exact) mass is 490 g/mol. The number of para-hydroxylation sites is 1. The van der Waals surface area contributed by atoms with Gasteiger partial charge in [0.1, 0.15) is 5.69 Å². The second kappa shape index (κ2) is 8.39. The number of amidine groups is 1. The van der Waals surface area contributed by atoms with E-state index < -0.39 is 0 Å². The van der Waals surface area contributed by atoms with E-state index in [1.165, 1.54) is 9.58 Å². The van der Waals surface area contributed by atoms with Crippen molar-refractivity contribution >= 4 is 56.1 Å². The molecule has 0 radical (unpaired) electrons. The molecule has 5 aromatic rings. The number of amides is 1. The minimum Gasteiger partial charge on any atom is -0.283 e. The van der Waals surface area contributed by atoms with E-state index in [4.69, 9.17) is 5.41 Å². The Morgan fingerprint density at radius 3 is 2.06 bits per heavy atom. The van der Waals surface area contributed by atoms with Gasteiger partial charge >= 0.3 is 0 Å². The summed E-state index contributed by atoms with van der Waals surface area (Å²) in [6, 6.07) is 27.6. The molecule has 1 aliphatic heterocycles. The van der Waals surface area contributed by atoms with Crippen LogP contribution in [-0.4, -0.2) is 20.4 Å². The van der Waals surface area contributed by atoms with Crippen molar-refractivity contribution < 1.29 is 4.79 Å². The van der Waals surface area contributed by atoms with Gasteiger partial charge in [-0.3, -0.25) is 19.7 Å². The molecule has 0 atom stereocenters. The van der Waals surface area contributed by atoms with Crippen LogP contribution in [0.4, 0.5) is 5.69 Å². The van der Waals surface area contributed by atoms with Crippen molar-refractivity contribution in [3.63, 3.8) is 0 Å². The fourth-order valence-corrected chi connectivity index (χ4v) is 5.67. The highest BCUT2D eigenvalue weighted by molar-refractivity contribution is 8.19. The lowest BCUT2D eigenvalue weighted by Gasteiger charge is -2.12. The maximum absolute atomic E-state index is 13.7. The maximum Gasteiger partial charge on any atom is 0.296 e. The molecule has 1 aromatic heterocycles. The molecule has 2 heterocycles. The van der Waals surface area contributed by atoms with Crippen LogP contribution in [0, 0.1) is 12.3 Å². The highest BCUT2D eigenvalue weighted by atomic mass is 32.2. The highest BCUT2D eigenvalue weighted by Gasteiger charge is 2.38. The lowest BCUT2D eigenvalue weighted by Crippen LogP contribution is -2.33. The Kier molecular flexibility index (Phi) is 5.16. The molecule has 4 aromatic carbocycles. The van der Waals surface area contributed by atoms with Gasteiger partial charge in [-0.05, 0) is 70.1 Å². The summed E-state index contributed by atoms with van der Waals surface area (Å²) < 4.78 is 3.24. The first-order valence-electron chi connectivity index (χ1n) is 11.5. The van der Waals surface area contributed by atoms with E-state index in [2.05, 4.69) is 18.2 Å². The molecule has 1 amide bonds. The molecular weight excluding hydrogens is 468 g/mol. The van der Waals surface area contributed by atoms with E-state index in [1.54, 1.807) is 18.7 Å². The molecule has 0 saturated carbocycles. The van der Waals surface area contributed by atoms with Gasteiger partial charge in [-0.15, -0.1) is 0 Å². The van der Waals surface area contributed by atoms with E-state index in [0.29, 0.717) is 16.3 Å². The van der Waals surface area contributed by atoms with E-state index in [-0.39, 0.29) is 22.3 Å². The fourth-order valence-electron chi connectivity index (χ4n) is 4.84. The van der Waals surface area contributed by atoms with Crippen molar-refractivity contribution in [3.05, 3.63) is 111 Å². The predicted molar refractivity (Wildman–Crippen MR) is 148 cm³/mol. The normalized spacial score (nSPS) is 15.1. The SMILES string of the molecule is Cc1c(N2C(=N)S/C(=C\c3c4ccccc4cc4ccccc34)C2=O)c(=O)n(-c2ccccc2)n1C. The summed E-state index contributed by atoms with van der Waals surface area (Å²) in [5.41, 5.74) is 2.11. The molecule has 7 heteroatoms. The number of hydrogen-bond donors (Lipinski definition) is 1. The quantitative estimate of drug-likeness (QED) is 0.255. The molecule has 1 N–H and O–H groups in total. The lowest BCUT2D eigenvalue weighted by molar-refractivity contribution is -0.113. The Hall–Kier alpha value is -4.36. The smallest absolute Gasteiger partial charge is 0.283 e. The summed E-state index contributed by atoms with van der Waals surface area (Å²) in [5, 5.41) is 12.9. The van der Waals surface area contributed by atoms with Crippen LogP contribution in [0.2, 0.25) is 0 Å². The lowest BCUT2D eigenvalue weighted by atomic mass is 9.96. The van der Waals surface area contributed by atoms with Crippen molar-refractivity contribution in [2.75, 3.05) is 4.90 Å². The zero-order valence-electron chi connectivity index (χ0n) is 19.7. The van der Waals surface area contributed by atoms with E-state index in [1.807, 2.05) is 72.8 Å². The van der Waals surface area contributed by atoms with Crippen LogP contribution in [0.3, 0.4) is 0 Å². The third-order valence-corrected chi connectivity index (χ3v) is 7.55. The summed E-state index contributed by atoms with van der Waals surface area (Å²) in [7, 11) is 1.78. The minimum atomic E-state index is -0.368. The Balaban J connectivity index is 1.50. The number of thioether (sulfide) groups is 1. The molecule has 1 fully saturated rings. The van der Waals surface area contributed by atoms with Gasteiger partial charge in [-0.25, -0.2) is 9.58 Å². The van der Waals surface area contributed by atoms with Gasteiger partial charge in [0.2, 0.25) is 0 Å². The third-order valence-electron chi connectivity index (χ3n) is 6.66. The van der Waals surface area contributed by atoms with Gasteiger partial charge in [0, 0.05) is 7.05 Å². The molecule has 0 unspecified atom stereocenters. The van der Waals surface area contributed by atoms with Crippen molar-refractivity contribution in [2.24, 2.45) is 7.05 Å². The van der Waals surface area contributed by atoms with Crippen LogP contribution >= 0.6 is 11.8 Å². The molecule has 176 valence electrons. The van der Waals surface area contributed by atoms with Crippen molar-refractivity contribution in [3.8, 4) is 5.69 Å². The Morgan fingerprint density at radius 1 is 0.833 bits per heavy atom. The Bertz CT molecular complexity index is 1740. The molecule has 1 aliphatic rings. The van der Waals surface area contributed by atoms with Gasteiger partial charge in [-0.2, -0.15) is 0 Å². The van der Waals surface area contributed by atoms with Gasteiger partial charge in [0.05, 0.1) is 16.3 Å². The Morgan fingerprint density at radius 2 is 1.42 bits per heavy atom. The van der Waals surface area contributed by atoms with Gasteiger partial charge < -0.3 is 0 Å². The summed E-state index contributed by atoms with van der Waals surface area (Å²) >= 11 is 1.08. The zero-order chi connectivity index (χ0) is 25.0. The van der Waals surface area contributed by atoms with Crippen molar-refractivity contribution in [1.29, 1.82) is 5.41 Å². The Labute approximate surface area is 211 Å². The largest absolute Gasteiger partial charge is 0.296 e. The van der Waals surface area contributed by atoms with Crippen LogP contribution in [0.15, 0.2) is 94.6 Å². The van der Waals surface area contributed by atoms with Gasteiger partial charge in [0.15, 0.2) is 5.17 Å². The maximum atomic E-state index is 13.7. The minimum absolute atomic E-state index is 0.0156. The summed E-state index contributed by atoms with van der Waals surface area (Å²) in [4.78, 5) is 28.9. The first kappa shape index (κ1) is 22.1. The molecule has 1 saturated heterocycles. The predicted octanol–water partition coefficient (Wildman–Crippen LogP) is 5.85. The first-order valence-corrected chi connectivity index (χ1v) is 12.3. The molecular formula is C29H22N4O2S. The second-order valence-corrected chi connectivity index (χ2v) is 9.73. The number of aromatic nitrogens is 2. The molecule has 0 aliphatic carbocycles. The summed E-state index contributed by atoms with van der Waals surface area (Å²) in [6.45, 7) is 1.79. The number of hydrogen-bond acceptors (Lipinski definition) is 4. The fraction of sp³-hybridized carbons (Fsp3) is 0.0690. The van der Waals surface area contributed by atoms with E-state index >= 15 is 0 Å². The number of rotatable bonds is 3. The number of anilines is 1. The van der Waals surface area contributed by atoms with Crippen LogP contribution in [0.1, 0.15) is 11.3 Å². The highest BCUT2D eigenvalue weighted by Crippen LogP contribution is 2.38. The molecule has 6 nitrogen and oxygen atoms in total. The average Bonchev–Trinajstić information content (AvgIpc) is 3.29. The van der Waals surface area contributed by atoms with Crippen LogP contribution < -0.4 is 10.5 Å². The summed E-state index contributed by atoms with van der Waals surface area (Å²) in [5.74, 6) is -0.368. The first-order chi connectivity index (χ1) is 17.5. The molecule has 0 bridgehead atoms. The summed E-state index contributed by atoms with van der Waals surface area (Å²) in [6.07, 6.45) is 1.86. The zero-order valence-corrected chi connectivity index (χ0v) is 20.5.